The molecule has 2 aliphatic carbocycles. The predicted octanol–water partition coefficient (Wildman–Crippen LogP) is 9.45. The van der Waals surface area contributed by atoms with Crippen molar-refractivity contribution in [2.75, 3.05) is 0 Å². The first kappa shape index (κ1) is 23.9. The van der Waals surface area contributed by atoms with Crippen LogP contribution in [0.1, 0.15) is 77.9 Å². The fourth-order valence-corrected chi connectivity index (χ4v) is 7.15. The highest BCUT2D eigenvalue weighted by molar-refractivity contribution is 5.99. The van der Waals surface area contributed by atoms with Gasteiger partial charge in [0.25, 0.3) is 0 Å². The van der Waals surface area contributed by atoms with Crippen LogP contribution in [-0.4, -0.2) is 0 Å². The van der Waals surface area contributed by atoms with E-state index in [-0.39, 0.29) is 5.41 Å². The number of hydrogen-bond donors (Lipinski definition) is 0. The van der Waals surface area contributed by atoms with Gasteiger partial charge < -0.3 is 0 Å². The largest absolute Gasteiger partial charge is 0.0658 e. The molecule has 0 atom stereocenters. The van der Waals surface area contributed by atoms with Crippen LogP contribution in [0.2, 0.25) is 0 Å². The minimum absolute atomic E-state index is 0.259. The standard InChI is InChI=1S/C35H40/c1-17-18(2)24(8)30-29(23(17)7)31-25(9)19(3)21(5)27(11)33(31)35(15-13-14-16-35)34-28(12)22(6)20(4)26(10)32(30)34/h13-16H,1-12H3. The summed E-state index contributed by atoms with van der Waals surface area (Å²) in [5, 5.41) is 0. The van der Waals surface area contributed by atoms with Gasteiger partial charge >= 0.3 is 0 Å². The molecule has 0 aromatic heterocycles. The first-order valence-electron chi connectivity index (χ1n) is 13.1. The Balaban J connectivity index is 2.25. The molecule has 0 radical (unpaired) electrons. The average molecular weight is 461 g/mol. The number of benzene rings is 3. The third-order valence-electron chi connectivity index (χ3n) is 10.2. The van der Waals surface area contributed by atoms with Crippen molar-refractivity contribution in [2.24, 2.45) is 0 Å². The number of rotatable bonds is 0. The first-order valence-corrected chi connectivity index (χ1v) is 13.1. The van der Waals surface area contributed by atoms with E-state index in [1.54, 1.807) is 0 Å². The number of allylic oxidation sites excluding steroid dienone is 4. The molecule has 0 fully saturated rings. The fourth-order valence-electron chi connectivity index (χ4n) is 7.15. The van der Waals surface area contributed by atoms with Crippen molar-refractivity contribution < 1.29 is 0 Å². The highest BCUT2D eigenvalue weighted by atomic mass is 14.5. The Morgan fingerprint density at radius 3 is 0.886 bits per heavy atom. The van der Waals surface area contributed by atoms with Crippen LogP contribution in [0.4, 0.5) is 0 Å². The molecule has 2 aliphatic rings. The highest BCUT2D eigenvalue weighted by Gasteiger charge is 2.44. The summed E-state index contributed by atoms with van der Waals surface area (Å²) >= 11 is 0. The van der Waals surface area contributed by atoms with E-state index < -0.39 is 0 Å². The molecule has 0 N–H and O–H groups in total. The first-order chi connectivity index (χ1) is 16.4. The van der Waals surface area contributed by atoms with Gasteiger partial charge in [-0.15, -0.1) is 0 Å². The summed E-state index contributed by atoms with van der Waals surface area (Å²) in [6, 6.07) is 0. The van der Waals surface area contributed by atoms with Crippen LogP contribution in [0.15, 0.2) is 24.3 Å². The van der Waals surface area contributed by atoms with Gasteiger partial charge in [-0.3, -0.25) is 0 Å². The van der Waals surface area contributed by atoms with Crippen molar-refractivity contribution >= 4 is 0 Å². The molecule has 0 heterocycles. The molecule has 0 aliphatic heterocycles. The van der Waals surface area contributed by atoms with Crippen molar-refractivity contribution in [2.45, 2.75) is 88.5 Å². The number of fused-ring (bicyclic) bond motifs is 7. The van der Waals surface area contributed by atoms with Crippen LogP contribution >= 0.6 is 0 Å². The summed E-state index contributed by atoms with van der Waals surface area (Å²) in [4.78, 5) is 0. The summed E-state index contributed by atoms with van der Waals surface area (Å²) in [6.45, 7) is 28.0. The van der Waals surface area contributed by atoms with Gasteiger partial charge in [-0.2, -0.15) is 0 Å². The zero-order chi connectivity index (χ0) is 25.7. The fraction of sp³-hybridized carbons (Fsp3) is 0.371. The van der Waals surface area contributed by atoms with E-state index in [1.807, 2.05) is 0 Å². The Kier molecular flexibility index (Phi) is 5.16. The molecular formula is C35H40. The summed E-state index contributed by atoms with van der Waals surface area (Å²) in [5.41, 5.74) is 25.7. The van der Waals surface area contributed by atoms with Crippen LogP contribution in [0, 0.1) is 83.1 Å². The van der Waals surface area contributed by atoms with E-state index >= 15 is 0 Å². The van der Waals surface area contributed by atoms with Crippen LogP contribution < -0.4 is 0 Å². The zero-order valence-electron chi connectivity index (χ0n) is 23.8. The molecule has 5 rings (SSSR count). The summed E-state index contributed by atoms with van der Waals surface area (Å²) in [5.74, 6) is 0. The van der Waals surface area contributed by atoms with Gasteiger partial charge in [0.05, 0.1) is 5.41 Å². The van der Waals surface area contributed by atoms with Gasteiger partial charge in [0, 0.05) is 0 Å². The minimum Gasteiger partial charge on any atom is -0.0658 e. The second-order valence-electron chi connectivity index (χ2n) is 11.3. The summed E-state index contributed by atoms with van der Waals surface area (Å²) < 4.78 is 0. The maximum atomic E-state index is 2.48. The zero-order valence-corrected chi connectivity index (χ0v) is 23.8. The van der Waals surface area contributed by atoms with E-state index in [4.69, 9.17) is 0 Å². The Labute approximate surface area is 212 Å². The molecule has 0 saturated carbocycles. The third kappa shape index (κ3) is 2.75. The SMILES string of the molecule is Cc1c(C)c(C)c2c(c1C)-c1c(C)c(C)c(C)c(C)c1C1(C=CC=C1)c1c(C)c(C)c(C)c(C)c1-2. The minimum atomic E-state index is -0.259. The van der Waals surface area contributed by atoms with E-state index in [9.17, 15) is 0 Å². The molecule has 1 spiro atoms. The Hall–Kier alpha value is -2.86. The van der Waals surface area contributed by atoms with Crippen LogP contribution in [0.25, 0.3) is 22.3 Å². The lowest BCUT2D eigenvalue weighted by atomic mass is 9.67. The average Bonchev–Trinajstić information content (AvgIpc) is 3.28. The van der Waals surface area contributed by atoms with Crippen molar-refractivity contribution in [3.05, 3.63) is 102 Å². The van der Waals surface area contributed by atoms with Crippen molar-refractivity contribution in [1.82, 2.24) is 0 Å². The molecule has 0 unspecified atom stereocenters. The van der Waals surface area contributed by atoms with Crippen LogP contribution in [-0.2, 0) is 5.41 Å². The van der Waals surface area contributed by atoms with Gasteiger partial charge in [-0.25, -0.2) is 0 Å². The smallest absolute Gasteiger partial charge is 0.0586 e. The Morgan fingerprint density at radius 1 is 0.314 bits per heavy atom. The van der Waals surface area contributed by atoms with E-state index in [1.165, 1.54) is 100 Å². The monoisotopic (exact) mass is 460 g/mol. The van der Waals surface area contributed by atoms with E-state index in [0.717, 1.165) is 0 Å². The molecule has 180 valence electrons. The van der Waals surface area contributed by atoms with E-state index in [0.29, 0.717) is 0 Å². The molecular weight excluding hydrogens is 420 g/mol. The van der Waals surface area contributed by atoms with Crippen LogP contribution in [0.3, 0.4) is 0 Å². The topological polar surface area (TPSA) is 0 Å². The Bertz CT molecular complexity index is 1420. The highest BCUT2D eigenvalue weighted by Crippen LogP contribution is 2.58. The second-order valence-corrected chi connectivity index (χ2v) is 11.3. The maximum Gasteiger partial charge on any atom is 0.0586 e. The van der Waals surface area contributed by atoms with Gasteiger partial charge in [-0.05, 0) is 183 Å². The molecule has 0 saturated heterocycles. The molecule has 3 aromatic rings. The van der Waals surface area contributed by atoms with Crippen molar-refractivity contribution in [3.63, 3.8) is 0 Å². The lowest BCUT2D eigenvalue weighted by Crippen LogP contribution is -2.26. The molecule has 0 bridgehead atoms. The maximum absolute atomic E-state index is 2.48. The van der Waals surface area contributed by atoms with Crippen molar-refractivity contribution in [1.29, 1.82) is 0 Å². The Morgan fingerprint density at radius 2 is 0.571 bits per heavy atom. The van der Waals surface area contributed by atoms with Gasteiger partial charge in [0.15, 0.2) is 0 Å². The summed E-state index contributed by atoms with van der Waals surface area (Å²) in [7, 11) is 0. The van der Waals surface area contributed by atoms with Gasteiger partial charge in [-0.1, -0.05) is 24.3 Å². The molecule has 0 amide bonds. The van der Waals surface area contributed by atoms with Crippen LogP contribution in [0.5, 0.6) is 0 Å². The van der Waals surface area contributed by atoms with Crippen molar-refractivity contribution in [3.8, 4) is 22.3 Å². The molecule has 35 heavy (non-hydrogen) atoms. The summed E-state index contributed by atoms with van der Waals surface area (Å²) in [6.07, 6.45) is 9.49. The lowest BCUT2D eigenvalue weighted by Gasteiger charge is -2.35. The molecule has 0 nitrogen and oxygen atoms in total. The van der Waals surface area contributed by atoms with Gasteiger partial charge in [0.1, 0.15) is 0 Å². The third-order valence-corrected chi connectivity index (χ3v) is 10.2. The number of hydrogen-bond acceptors (Lipinski definition) is 0. The molecule has 3 aromatic carbocycles. The molecule has 0 heteroatoms. The quantitative estimate of drug-likeness (QED) is 0.313. The second kappa shape index (κ2) is 7.57. The lowest BCUT2D eigenvalue weighted by molar-refractivity contribution is 0.808. The normalized spacial score (nSPS) is 14.9. The van der Waals surface area contributed by atoms with E-state index in [2.05, 4.69) is 107 Å². The van der Waals surface area contributed by atoms with Gasteiger partial charge in [0.2, 0.25) is 0 Å². The predicted molar refractivity (Wildman–Crippen MR) is 153 cm³/mol.